The molecule has 0 amide bonds. The van der Waals surface area contributed by atoms with Gasteiger partial charge in [-0.2, -0.15) is 0 Å². The summed E-state index contributed by atoms with van der Waals surface area (Å²) < 4.78 is 0. The van der Waals surface area contributed by atoms with E-state index in [-0.39, 0.29) is 11.9 Å². The number of nitro groups is 2. The molecule has 0 bridgehead atoms. The van der Waals surface area contributed by atoms with Gasteiger partial charge in [-0.05, 0) is 23.3 Å². The van der Waals surface area contributed by atoms with E-state index in [1.165, 1.54) is 0 Å². The van der Waals surface area contributed by atoms with Crippen molar-refractivity contribution >= 4 is 35.1 Å². The molecule has 0 radical (unpaired) electrons. The molecule has 2 aliphatic heterocycles. The van der Waals surface area contributed by atoms with Gasteiger partial charge in [0.05, 0.1) is 0 Å². The monoisotopic (exact) mass is 536 g/mol. The number of hydrazone groups is 2. The number of aromatic nitrogens is 2. The third kappa shape index (κ3) is 6.46. The Hall–Kier alpha value is -3.78. The van der Waals surface area contributed by atoms with Gasteiger partial charge in [0, 0.05) is 64.8 Å². The SMILES string of the molecule is O=[N+]([O-])/N=C1\N(CCN2CCN(Cc3ccc(Cl)nc3)/C2=N/[N+](=O)[O-])CCN1Cc1ccc(Cl)nc1. The van der Waals surface area contributed by atoms with E-state index >= 15 is 0 Å². The zero-order valence-electron chi connectivity index (χ0n) is 19.0. The minimum atomic E-state index is -0.724. The minimum Gasteiger partial charge on any atom is -0.334 e. The van der Waals surface area contributed by atoms with Crippen LogP contribution in [0.3, 0.4) is 0 Å². The molecule has 2 fully saturated rings. The Kier molecular flexibility index (Phi) is 7.95. The van der Waals surface area contributed by atoms with Crippen molar-refractivity contribution < 1.29 is 10.1 Å². The van der Waals surface area contributed by atoms with Gasteiger partial charge in [0.2, 0.25) is 0 Å². The summed E-state index contributed by atoms with van der Waals surface area (Å²) >= 11 is 11.7. The predicted octanol–water partition coefficient (Wildman–Crippen LogP) is 1.81. The minimum absolute atomic E-state index is 0.228. The number of hydrogen-bond donors (Lipinski definition) is 0. The molecule has 2 aliphatic rings. The van der Waals surface area contributed by atoms with Gasteiger partial charge >= 0.3 is 0 Å². The highest BCUT2D eigenvalue weighted by Gasteiger charge is 2.33. The van der Waals surface area contributed by atoms with Crippen molar-refractivity contribution in [2.24, 2.45) is 10.2 Å². The maximum absolute atomic E-state index is 11.2. The molecule has 0 spiro atoms. The van der Waals surface area contributed by atoms with Crippen LogP contribution in [0.5, 0.6) is 0 Å². The lowest BCUT2D eigenvalue weighted by Crippen LogP contribution is -2.41. The highest BCUT2D eigenvalue weighted by atomic mass is 35.5. The standard InChI is InChI=1S/C20H22Cl2N10O4/c21-17-3-1-15(11-23-17)13-29-9-7-27(19(29)25-31(33)34)5-6-28-8-10-30(20(28)26-32(35)36)14-16-2-4-18(22)24-12-16/h1-4,11-12H,5-10,13-14H2/b25-19+,26-20+. The number of nitrogens with zero attached hydrogens (tertiary/aromatic N) is 10. The molecule has 2 aromatic heterocycles. The first-order valence-corrected chi connectivity index (χ1v) is 11.7. The van der Waals surface area contributed by atoms with Gasteiger partial charge in [-0.25, -0.2) is 30.2 Å². The molecule has 4 rings (SSSR count). The molecule has 190 valence electrons. The molecule has 0 unspecified atom stereocenters. The van der Waals surface area contributed by atoms with Crippen molar-refractivity contribution in [3.63, 3.8) is 0 Å². The van der Waals surface area contributed by atoms with Crippen LogP contribution >= 0.6 is 23.2 Å². The van der Waals surface area contributed by atoms with Crippen LogP contribution in [0.25, 0.3) is 0 Å². The first-order chi connectivity index (χ1) is 17.3. The van der Waals surface area contributed by atoms with Crippen LogP contribution < -0.4 is 0 Å². The zero-order valence-corrected chi connectivity index (χ0v) is 20.5. The lowest BCUT2D eigenvalue weighted by molar-refractivity contribution is -0.486. The normalized spacial score (nSPS) is 18.1. The van der Waals surface area contributed by atoms with Gasteiger partial charge < -0.3 is 19.6 Å². The molecule has 4 heterocycles. The van der Waals surface area contributed by atoms with Crippen LogP contribution in [0.1, 0.15) is 11.1 Å². The smallest absolute Gasteiger partial charge is 0.274 e. The van der Waals surface area contributed by atoms with Crippen molar-refractivity contribution in [2.75, 3.05) is 39.3 Å². The van der Waals surface area contributed by atoms with Crippen molar-refractivity contribution in [1.29, 1.82) is 0 Å². The summed E-state index contributed by atoms with van der Waals surface area (Å²) in [5.41, 5.74) is 1.68. The summed E-state index contributed by atoms with van der Waals surface area (Å²) in [4.78, 5) is 37.7. The number of pyridine rings is 2. The Morgan fingerprint density at radius 2 is 1.11 bits per heavy atom. The Morgan fingerprint density at radius 3 is 1.44 bits per heavy atom. The maximum atomic E-state index is 11.2. The van der Waals surface area contributed by atoms with Gasteiger partial charge in [0.25, 0.3) is 11.9 Å². The highest BCUT2D eigenvalue weighted by molar-refractivity contribution is 6.29. The lowest BCUT2D eigenvalue weighted by Gasteiger charge is -2.24. The van der Waals surface area contributed by atoms with Gasteiger partial charge in [0.1, 0.15) is 20.5 Å². The zero-order chi connectivity index (χ0) is 25.7. The number of guanidine groups is 2. The van der Waals surface area contributed by atoms with Crippen LogP contribution in [-0.2, 0) is 13.1 Å². The fourth-order valence-electron chi connectivity index (χ4n) is 4.09. The molecule has 36 heavy (non-hydrogen) atoms. The molecule has 2 saturated heterocycles. The van der Waals surface area contributed by atoms with E-state index in [9.17, 15) is 20.2 Å². The fourth-order valence-corrected chi connectivity index (χ4v) is 4.31. The van der Waals surface area contributed by atoms with Crippen molar-refractivity contribution in [1.82, 2.24) is 29.6 Å². The molecule has 0 atom stereocenters. The van der Waals surface area contributed by atoms with E-state index in [4.69, 9.17) is 23.2 Å². The Labute approximate surface area is 215 Å². The largest absolute Gasteiger partial charge is 0.334 e. The van der Waals surface area contributed by atoms with E-state index in [1.807, 2.05) is 0 Å². The Morgan fingerprint density at radius 1 is 0.722 bits per heavy atom. The highest BCUT2D eigenvalue weighted by Crippen LogP contribution is 2.18. The molecule has 0 aromatic carbocycles. The summed E-state index contributed by atoms with van der Waals surface area (Å²) in [6, 6.07) is 6.92. The molecule has 2 aromatic rings. The Bertz CT molecular complexity index is 1070. The summed E-state index contributed by atoms with van der Waals surface area (Å²) in [5.74, 6) is 0.456. The lowest BCUT2D eigenvalue weighted by atomic mass is 10.3. The Balaban J connectivity index is 1.43. The second kappa shape index (κ2) is 11.3. The predicted molar refractivity (Wildman–Crippen MR) is 131 cm³/mol. The van der Waals surface area contributed by atoms with Crippen molar-refractivity contribution in [3.05, 3.63) is 78.3 Å². The molecule has 0 N–H and O–H groups in total. The second-order valence-corrected chi connectivity index (χ2v) is 8.85. The average Bonchev–Trinajstić information content (AvgIpc) is 3.38. The summed E-state index contributed by atoms with van der Waals surface area (Å²) in [6.45, 7) is 3.60. The summed E-state index contributed by atoms with van der Waals surface area (Å²) in [6.07, 6.45) is 3.23. The van der Waals surface area contributed by atoms with Gasteiger partial charge in [-0.1, -0.05) is 35.3 Å². The van der Waals surface area contributed by atoms with E-state index in [0.717, 1.165) is 11.1 Å². The molecule has 0 saturated carbocycles. The van der Waals surface area contributed by atoms with Crippen LogP contribution in [0.2, 0.25) is 10.3 Å². The van der Waals surface area contributed by atoms with E-state index in [1.54, 1.807) is 56.3 Å². The number of halogens is 2. The van der Waals surface area contributed by atoms with Gasteiger partial charge in [-0.15, -0.1) is 0 Å². The quantitative estimate of drug-likeness (QED) is 0.263. The van der Waals surface area contributed by atoms with E-state index in [2.05, 4.69) is 20.2 Å². The third-order valence-corrected chi connectivity index (χ3v) is 6.16. The van der Waals surface area contributed by atoms with Crippen LogP contribution in [-0.4, -0.2) is 90.8 Å². The third-order valence-electron chi connectivity index (χ3n) is 5.72. The maximum Gasteiger partial charge on any atom is 0.274 e. The summed E-state index contributed by atoms with van der Waals surface area (Å²) in [7, 11) is 0. The molecular weight excluding hydrogens is 515 g/mol. The van der Waals surface area contributed by atoms with Gasteiger partial charge in [0.15, 0.2) is 10.1 Å². The first kappa shape index (κ1) is 25.3. The molecule has 0 aliphatic carbocycles. The van der Waals surface area contributed by atoms with E-state index < -0.39 is 10.1 Å². The van der Waals surface area contributed by atoms with Crippen molar-refractivity contribution in [3.8, 4) is 0 Å². The van der Waals surface area contributed by atoms with Crippen LogP contribution in [0.15, 0.2) is 46.9 Å². The second-order valence-electron chi connectivity index (χ2n) is 8.07. The van der Waals surface area contributed by atoms with E-state index in [0.29, 0.717) is 62.7 Å². The van der Waals surface area contributed by atoms with Crippen LogP contribution in [0, 0.1) is 20.2 Å². The molecule has 14 nitrogen and oxygen atoms in total. The fraction of sp³-hybridized carbons (Fsp3) is 0.400. The van der Waals surface area contributed by atoms with Crippen molar-refractivity contribution in [2.45, 2.75) is 13.1 Å². The molecule has 16 heteroatoms. The van der Waals surface area contributed by atoms with Gasteiger partial charge in [-0.3, -0.25) is 0 Å². The molecular formula is C20H22Cl2N10O4. The van der Waals surface area contributed by atoms with Crippen LogP contribution in [0.4, 0.5) is 0 Å². The number of rotatable bonds is 9. The number of hydrogen-bond acceptors (Lipinski definition) is 6. The summed E-state index contributed by atoms with van der Waals surface area (Å²) in [5, 5.41) is 28.9. The average molecular weight is 537 g/mol. The topological polar surface area (TPSA) is 150 Å². The first-order valence-electron chi connectivity index (χ1n) is 10.9.